The van der Waals surface area contributed by atoms with E-state index >= 15 is 0 Å². The van der Waals surface area contributed by atoms with E-state index in [-0.39, 0.29) is 6.54 Å². The Balaban J connectivity index is 2.59. The van der Waals surface area contributed by atoms with Crippen molar-refractivity contribution in [2.24, 2.45) is 0 Å². The van der Waals surface area contributed by atoms with Gasteiger partial charge in [-0.25, -0.2) is 13.6 Å². The lowest BCUT2D eigenvalue weighted by Crippen LogP contribution is -2.56. The highest BCUT2D eigenvalue weighted by Crippen LogP contribution is 2.17. The molecule has 0 N–H and O–H groups in total. The van der Waals surface area contributed by atoms with E-state index < -0.39 is 24.2 Å². The first kappa shape index (κ1) is 14.2. The van der Waals surface area contributed by atoms with E-state index in [1.165, 1.54) is 4.90 Å². The van der Waals surface area contributed by atoms with Crippen LogP contribution in [-0.4, -0.2) is 60.6 Å². The van der Waals surface area contributed by atoms with Crippen LogP contribution in [0, 0.1) is 0 Å². The summed E-state index contributed by atoms with van der Waals surface area (Å²) in [7, 11) is 1.64. The summed E-state index contributed by atoms with van der Waals surface area (Å²) in [5, 5.41) is 0. The lowest BCUT2D eigenvalue weighted by Gasteiger charge is -2.39. The molecule has 1 aliphatic heterocycles. The topological polar surface area (TPSA) is 32.8 Å². The minimum Gasteiger partial charge on any atom is -0.444 e. The van der Waals surface area contributed by atoms with Crippen molar-refractivity contribution in [3.05, 3.63) is 0 Å². The van der Waals surface area contributed by atoms with Crippen LogP contribution in [0.3, 0.4) is 0 Å². The van der Waals surface area contributed by atoms with Crippen LogP contribution in [0.4, 0.5) is 13.6 Å². The number of ether oxygens (including phenoxy) is 1. The maximum absolute atomic E-state index is 12.7. The number of carbonyl (C=O) groups excluding carboxylic acids is 1. The second-order valence-electron chi connectivity index (χ2n) is 5.31. The number of hydrogen-bond acceptors (Lipinski definition) is 3. The van der Waals surface area contributed by atoms with Gasteiger partial charge in [-0.05, 0) is 27.8 Å². The average Bonchev–Trinajstić information content (AvgIpc) is 2.14. The molecule has 17 heavy (non-hydrogen) atoms. The van der Waals surface area contributed by atoms with Crippen molar-refractivity contribution in [1.29, 1.82) is 0 Å². The highest BCUT2D eigenvalue weighted by Gasteiger charge is 2.34. The molecule has 1 saturated heterocycles. The van der Waals surface area contributed by atoms with Gasteiger partial charge in [-0.15, -0.1) is 0 Å². The van der Waals surface area contributed by atoms with Crippen LogP contribution >= 0.6 is 0 Å². The van der Waals surface area contributed by atoms with Gasteiger partial charge >= 0.3 is 6.09 Å². The number of piperazine rings is 1. The Morgan fingerprint density at radius 2 is 1.94 bits per heavy atom. The Hall–Kier alpha value is -0.910. The fourth-order valence-electron chi connectivity index (χ4n) is 1.67. The Kier molecular flexibility index (Phi) is 4.30. The van der Waals surface area contributed by atoms with E-state index in [1.54, 1.807) is 32.7 Å². The molecule has 1 aliphatic rings. The molecule has 1 rings (SSSR count). The van der Waals surface area contributed by atoms with Crippen LogP contribution in [0.2, 0.25) is 0 Å². The highest BCUT2D eigenvalue weighted by atomic mass is 19.3. The zero-order chi connectivity index (χ0) is 13.2. The monoisotopic (exact) mass is 250 g/mol. The summed E-state index contributed by atoms with van der Waals surface area (Å²) in [6.07, 6.45) is -2.97. The van der Waals surface area contributed by atoms with Crippen LogP contribution in [-0.2, 0) is 4.74 Å². The minimum atomic E-state index is -2.45. The number of amides is 1. The normalized spacial score (nSPS) is 23.0. The van der Waals surface area contributed by atoms with Crippen LogP contribution in [0.5, 0.6) is 0 Å². The maximum Gasteiger partial charge on any atom is 0.410 e. The summed E-state index contributed by atoms with van der Waals surface area (Å²) in [4.78, 5) is 14.7. The molecule has 0 aliphatic carbocycles. The van der Waals surface area contributed by atoms with Crippen LogP contribution in [0.1, 0.15) is 20.8 Å². The summed E-state index contributed by atoms with van der Waals surface area (Å²) < 4.78 is 30.6. The molecule has 1 amide bonds. The molecule has 0 radical (unpaired) electrons. The molecule has 0 bridgehead atoms. The molecule has 0 aromatic carbocycles. The molecule has 0 aromatic rings. The SMILES string of the molecule is CN1CCN(C(=O)OC(C)(C)C)CC1C(F)F. The zero-order valence-corrected chi connectivity index (χ0v) is 10.7. The fraction of sp³-hybridized carbons (Fsp3) is 0.909. The molecule has 0 spiro atoms. The molecular formula is C11H20F2N2O2. The molecule has 1 atom stereocenters. The van der Waals surface area contributed by atoms with Crippen LogP contribution in [0.25, 0.3) is 0 Å². The van der Waals surface area contributed by atoms with E-state index in [4.69, 9.17) is 4.74 Å². The molecule has 0 aromatic heterocycles. The third kappa shape index (κ3) is 4.11. The first-order chi connectivity index (χ1) is 7.70. The predicted molar refractivity (Wildman–Crippen MR) is 60.2 cm³/mol. The molecule has 6 heteroatoms. The first-order valence-electron chi connectivity index (χ1n) is 5.67. The molecule has 1 unspecified atom stereocenters. The van der Waals surface area contributed by atoms with Crippen LogP contribution in [0.15, 0.2) is 0 Å². The molecule has 0 saturated carbocycles. The quantitative estimate of drug-likeness (QED) is 0.711. The number of rotatable bonds is 1. The van der Waals surface area contributed by atoms with Crippen molar-refractivity contribution in [1.82, 2.24) is 9.80 Å². The third-order valence-electron chi connectivity index (χ3n) is 2.64. The van der Waals surface area contributed by atoms with Gasteiger partial charge in [0.1, 0.15) is 5.60 Å². The van der Waals surface area contributed by atoms with Crippen molar-refractivity contribution in [2.75, 3.05) is 26.7 Å². The van der Waals surface area contributed by atoms with E-state index in [2.05, 4.69) is 0 Å². The van der Waals surface area contributed by atoms with Gasteiger partial charge in [0.25, 0.3) is 6.43 Å². The number of halogens is 2. The Morgan fingerprint density at radius 1 is 1.35 bits per heavy atom. The zero-order valence-electron chi connectivity index (χ0n) is 10.7. The van der Waals surface area contributed by atoms with Gasteiger partial charge in [0.05, 0.1) is 6.04 Å². The molecule has 4 nitrogen and oxygen atoms in total. The van der Waals surface area contributed by atoms with E-state index in [9.17, 15) is 13.6 Å². The van der Waals surface area contributed by atoms with E-state index in [0.29, 0.717) is 13.1 Å². The van der Waals surface area contributed by atoms with Crippen LogP contribution < -0.4 is 0 Å². The minimum absolute atomic E-state index is 0.0169. The van der Waals surface area contributed by atoms with Gasteiger partial charge in [-0.3, -0.25) is 4.90 Å². The Labute approximate surface area is 101 Å². The maximum atomic E-state index is 12.7. The number of nitrogens with zero attached hydrogens (tertiary/aromatic N) is 2. The van der Waals surface area contributed by atoms with Crippen molar-refractivity contribution < 1.29 is 18.3 Å². The summed E-state index contributed by atoms with van der Waals surface area (Å²) >= 11 is 0. The summed E-state index contributed by atoms with van der Waals surface area (Å²) in [5.74, 6) is 0. The first-order valence-corrected chi connectivity index (χ1v) is 5.67. The molecule has 1 heterocycles. The third-order valence-corrected chi connectivity index (χ3v) is 2.64. The van der Waals surface area contributed by atoms with Crippen molar-refractivity contribution in [3.63, 3.8) is 0 Å². The number of carbonyl (C=O) groups is 1. The molecule has 100 valence electrons. The van der Waals surface area contributed by atoms with Gasteiger partial charge in [0, 0.05) is 19.6 Å². The molecular weight excluding hydrogens is 230 g/mol. The average molecular weight is 250 g/mol. The Morgan fingerprint density at radius 3 is 2.41 bits per heavy atom. The number of hydrogen-bond donors (Lipinski definition) is 0. The highest BCUT2D eigenvalue weighted by molar-refractivity contribution is 5.68. The van der Waals surface area contributed by atoms with Crippen molar-refractivity contribution in [3.8, 4) is 0 Å². The van der Waals surface area contributed by atoms with Gasteiger partial charge in [0.15, 0.2) is 0 Å². The summed E-state index contributed by atoms with van der Waals surface area (Å²) in [5.41, 5.74) is -0.596. The van der Waals surface area contributed by atoms with E-state index in [1.807, 2.05) is 0 Å². The number of alkyl halides is 2. The second-order valence-corrected chi connectivity index (χ2v) is 5.31. The second kappa shape index (κ2) is 5.16. The number of likely N-dealkylation sites (N-methyl/N-ethyl adjacent to an activating group) is 1. The smallest absolute Gasteiger partial charge is 0.410 e. The molecule has 1 fully saturated rings. The van der Waals surface area contributed by atoms with E-state index in [0.717, 1.165) is 0 Å². The largest absolute Gasteiger partial charge is 0.444 e. The lowest BCUT2D eigenvalue weighted by molar-refractivity contribution is -0.0267. The van der Waals surface area contributed by atoms with Crippen molar-refractivity contribution in [2.45, 2.75) is 38.8 Å². The van der Waals surface area contributed by atoms with Crippen molar-refractivity contribution >= 4 is 6.09 Å². The van der Waals surface area contributed by atoms with Gasteiger partial charge in [-0.2, -0.15) is 0 Å². The summed E-state index contributed by atoms with van der Waals surface area (Å²) in [6, 6.07) is -0.906. The van der Waals surface area contributed by atoms with Gasteiger partial charge in [0.2, 0.25) is 0 Å². The Bertz CT molecular complexity index is 279. The standard InChI is InChI=1S/C11H20F2N2O2/c1-11(2,3)17-10(16)15-6-5-14(4)8(7-15)9(12)13/h8-9H,5-7H2,1-4H3. The fourth-order valence-corrected chi connectivity index (χ4v) is 1.67. The lowest BCUT2D eigenvalue weighted by atomic mass is 10.2. The van der Waals surface area contributed by atoms with Gasteiger partial charge in [-0.1, -0.05) is 0 Å². The summed E-state index contributed by atoms with van der Waals surface area (Å²) in [6.45, 7) is 6.15. The van der Waals surface area contributed by atoms with Gasteiger partial charge < -0.3 is 9.64 Å². The predicted octanol–water partition coefficient (Wildman–Crippen LogP) is 1.80.